The molecule has 16 heavy (non-hydrogen) atoms. The topological polar surface area (TPSA) is 56.3 Å². The normalized spacial score (nSPS) is 11.9. The summed E-state index contributed by atoms with van der Waals surface area (Å²) in [6, 6.07) is 1.21. The lowest BCUT2D eigenvalue weighted by molar-refractivity contribution is 0.141. The van der Waals surface area contributed by atoms with Crippen molar-refractivity contribution in [2.45, 2.75) is 11.3 Å². The third-order valence-corrected chi connectivity index (χ3v) is 3.52. The molecule has 0 atom stereocenters. The molecule has 1 rings (SSSR count). The van der Waals surface area contributed by atoms with Crippen LogP contribution in [0.2, 0.25) is 0 Å². The Labute approximate surface area is 109 Å². The second kappa shape index (κ2) is 4.96. The molecular weight excluding hydrogens is 379 g/mol. The first-order valence-electron chi connectivity index (χ1n) is 3.74. The summed E-state index contributed by atoms with van der Waals surface area (Å²) in [4.78, 5) is 2.66. The highest BCUT2D eigenvalue weighted by Crippen LogP contribution is 2.35. The Morgan fingerprint density at radius 3 is 2.50 bits per heavy atom. The third kappa shape index (κ3) is 2.92. The number of aromatic nitrogens is 1. The van der Waals surface area contributed by atoms with E-state index >= 15 is 0 Å². The number of pyridine rings is 1. The van der Waals surface area contributed by atoms with Crippen LogP contribution in [0.5, 0.6) is 5.75 Å². The molecule has 0 bridgehead atoms. The molecule has 0 saturated carbocycles. The minimum atomic E-state index is -4.34. The van der Waals surface area contributed by atoms with Gasteiger partial charge < -0.3 is 4.74 Å². The number of methoxy groups -OCH3 is 1. The molecule has 4 nitrogen and oxygen atoms in total. The van der Waals surface area contributed by atoms with Crippen molar-refractivity contribution >= 4 is 42.3 Å². The van der Waals surface area contributed by atoms with Crippen LogP contribution in [0.3, 0.4) is 0 Å². The lowest BCUT2D eigenvalue weighted by Crippen LogP contribution is -2.06. The van der Waals surface area contributed by atoms with Crippen LogP contribution in [-0.2, 0) is 9.05 Å². The third-order valence-electron chi connectivity index (χ3n) is 1.60. The molecule has 0 saturated heterocycles. The number of hydrogen-bond donors (Lipinski definition) is 0. The fraction of sp³-hybridized carbons (Fsp3) is 0.286. The molecular formula is C7H5ClF2INO3S. The van der Waals surface area contributed by atoms with E-state index in [0.717, 1.165) is 7.11 Å². The zero-order valence-corrected chi connectivity index (χ0v) is 11.5. The summed E-state index contributed by atoms with van der Waals surface area (Å²) in [7, 11) is 1.88. The molecule has 0 N–H and O–H groups in total. The van der Waals surface area contributed by atoms with Crippen molar-refractivity contribution < 1.29 is 21.9 Å². The van der Waals surface area contributed by atoms with Gasteiger partial charge in [0.25, 0.3) is 15.5 Å². The van der Waals surface area contributed by atoms with E-state index in [1.807, 2.05) is 0 Å². The van der Waals surface area contributed by atoms with E-state index in [9.17, 15) is 17.2 Å². The Kier molecular flexibility index (Phi) is 4.29. The maximum atomic E-state index is 12.6. The SMILES string of the molecule is COc1cc(I)nc(C(F)F)c1S(=O)(=O)Cl. The van der Waals surface area contributed by atoms with E-state index < -0.39 is 26.1 Å². The predicted octanol–water partition coefficient (Wildman–Crippen LogP) is 2.56. The molecule has 0 aliphatic rings. The van der Waals surface area contributed by atoms with E-state index in [0.29, 0.717) is 0 Å². The maximum absolute atomic E-state index is 12.6. The first kappa shape index (κ1) is 13.8. The van der Waals surface area contributed by atoms with E-state index in [1.54, 1.807) is 22.6 Å². The molecule has 0 aromatic carbocycles. The van der Waals surface area contributed by atoms with Crippen LogP contribution in [-0.4, -0.2) is 20.5 Å². The van der Waals surface area contributed by atoms with E-state index in [1.165, 1.54) is 6.07 Å². The minimum absolute atomic E-state index is 0.189. The lowest BCUT2D eigenvalue weighted by Gasteiger charge is -2.10. The van der Waals surface area contributed by atoms with Crippen LogP contribution in [0.25, 0.3) is 0 Å². The van der Waals surface area contributed by atoms with Crippen molar-refractivity contribution in [3.8, 4) is 5.75 Å². The molecule has 0 fully saturated rings. The Hall–Kier alpha value is -0.220. The number of ether oxygens (including phenoxy) is 1. The molecule has 90 valence electrons. The van der Waals surface area contributed by atoms with Gasteiger partial charge in [-0.05, 0) is 22.6 Å². The molecule has 0 amide bonds. The van der Waals surface area contributed by atoms with Crippen LogP contribution in [0.4, 0.5) is 8.78 Å². The van der Waals surface area contributed by atoms with Crippen LogP contribution in [0.1, 0.15) is 12.1 Å². The standard InChI is InChI=1S/C7H5ClF2INO3S/c1-15-3-2-4(11)12-5(7(9)10)6(3)16(8,13)14/h2,7H,1H3. The van der Waals surface area contributed by atoms with Crippen molar-refractivity contribution in [3.05, 3.63) is 15.5 Å². The van der Waals surface area contributed by atoms with Crippen LogP contribution in [0.15, 0.2) is 11.0 Å². The van der Waals surface area contributed by atoms with Crippen LogP contribution in [0, 0.1) is 3.70 Å². The average molecular weight is 384 g/mol. The van der Waals surface area contributed by atoms with Gasteiger partial charge in [0, 0.05) is 16.7 Å². The van der Waals surface area contributed by atoms with Crippen LogP contribution >= 0.6 is 33.3 Å². The largest absolute Gasteiger partial charge is 0.495 e. The Balaban J connectivity index is 3.65. The van der Waals surface area contributed by atoms with Crippen molar-refractivity contribution in [1.82, 2.24) is 4.98 Å². The maximum Gasteiger partial charge on any atom is 0.281 e. The fourth-order valence-electron chi connectivity index (χ4n) is 1.04. The Morgan fingerprint density at radius 2 is 2.12 bits per heavy atom. The van der Waals surface area contributed by atoms with Gasteiger partial charge >= 0.3 is 0 Å². The Bertz CT molecular complexity index is 509. The number of alkyl halides is 2. The summed E-state index contributed by atoms with van der Waals surface area (Å²) in [6.07, 6.45) is -3.05. The van der Waals surface area contributed by atoms with Crippen molar-refractivity contribution in [1.29, 1.82) is 0 Å². The molecule has 1 heterocycles. The van der Waals surface area contributed by atoms with E-state index in [4.69, 9.17) is 15.4 Å². The molecule has 0 radical (unpaired) electrons. The highest BCUT2D eigenvalue weighted by molar-refractivity contribution is 14.1. The number of rotatable bonds is 3. The highest BCUT2D eigenvalue weighted by atomic mass is 127. The van der Waals surface area contributed by atoms with Gasteiger partial charge in [0.15, 0.2) is 4.90 Å². The van der Waals surface area contributed by atoms with Gasteiger partial charge in [-0.25, -0.2) is 22.2 Å². The van der Waals surface area contributed by atoms with Gasteiger partial charge in [-0.1, -0.05) is 0 Å². The fourth-order valence-corrected chi connectivity index (χ4v) is 2.82. The molecule has 1 aromatic rings. The smallest absolute Gasteiger partial charge is 0.281 e. The monoisotopic (exact) mass is 383 g/mol. The zero-order chi connectivity index (χ0) is 12.5. The van der Waals surface area contributed by atoms with E-state index in [-0.39, 0.29) is 9.45 Å². The number of nitrogens with zero attached hydrogens (tertiary/aromatic N) is 1. The van der Waals surface area contributed by atoms with Gasteiger partial charge in [0.1, 0.15) is 15.1 Å². The summed E-state index contributed by atoms with van der Waals surface area (Å²) in [5.74, 6) is -0.246. The molecule has 1 aromatic heterocycles. The van der Waals surface area contributed by atoms with Gasteiger partial charge in [-0.3, -0.25) is 0 Å². The molecule has 0 aliphatic heterocycles. The number of halogens is 4. The summed E-state index contributed by atoms with van der Waals surface area (Å²) in [5.41, 5.74) is -0.904. The van der Waals surface area contributed by atoms with Crippen molar-refractivity contribution in [3.63, 3.8) is 0 Å². The van der Waals surface area contributed by atoms with E-state index in [2.05, 4.69) is 4.98 Å². The van der Waals surface area contributed by atoms with Crippen LogP contribution < -0.4 is 4.74 Å². The predicted molar refractivity (Wildman–Crippen MR) is 61.5 cm³/mol. The summed E-state index contributed by atoms with van der Waals surface area (Å²) in [5, 5.41) is 0. The highest BCUT2D eigenvalue weighted by Gasteiger charge is 2.28. The zero-order valence-electron chi connectivity index (χ0n) is 7.75. The molecule has 9 heteroatoms. The Morgan fingerprint density at radius 1 is 1.56 bits per heavy atom. The quantitative estimate of drug-likeness (QED) is 0.457. The van der Waals surface area contributed by atoms with Gasteiger partial charge in [-0.15, -0.1) is 0 Å². The second-order valence-corrected chi connectivity index (χ2v) is 6.21. The average Bonchev–Trinajstić information content (AvgIpc) is 2.14. The number of hydrogen-bond acceptors (Lipinski definition) is 4. The molecule has 0 spiro atoms. The second-order valence-electron chi connectivity index (χ2n) is 2.60. The van der Waals surface area contributed by atoms with Gasteiger partial charge in [0.2, 0.25) is 0 Å². The summed E-state index contributed by atoms with van der Waals surface area (Å²) in [6.45, 7) is 0. The summed E-state index contributed by atoms with van der Waals surface area (Å²) < 4.78 is 52.4. The van der Waals surface area contributed by atoms with Crippen molar-refractivity contribution in [2.75, 3.05) is 7.11 Å². The molecule has 0 unspecified atom stereocenters. The minimum Gasteiger partial charge on any atom is -0.495 e. The van der Waals surface area contributed by atoms with Crippen molar-refractivity contribution in [2.24, 2.45) is 0 Å². The lowest BCUT2D eigenvalue weighted by atomic mass is 10.3. The first-order valence-corrected chi connectivity index (χ1v) is 7.13. The first-order chi connectivity index (χ1) is 7.27. The molecule has 0 aliphatic carbocycles. The summed E-state index contributed by atoms with van der Waals surface area (Å²) >= 11 is 1.67. The van der Waals surface area contributed by atoms with Gasteiger partial charge in [-0.2, -0.15) is 0 Å². The van der Waals surface area contributed by atoms with Gasteiger partial charge in [0.05, 0.1) is 7.11 Å².